The van der Waals surface area contributed by atoms with Crippen LogP contribution in [0.1, 0.15) is 0 Å². The topological polar surface area (TPSA) is 66.5 Å². The number of nitrogens with zero attached hydrogens (tertiary/aromatic N) is 1. The zero-order valence-corrected chi connectivity index (χ0v) is 19.0. The highest BCUT2D eigenvalue weighted by Gasteiger charge is 2.27. The summed E-state index contributed by atoms with van der Waals surface area (Å²) in [5, 5.41) is 3.27. The standard InChI is InChI=1S/C21H18Cl2N2O3S2/c1-29-19-7-5-6-17(13-19)24-21(26)14-25(18-11-15(22)10-16(23)12-18)30(27,28)20-8-3-2-4-9-20/h2-13H,14H2,1H3,(H,24,26). The smallest absolute Gasteiger partial charge is 0.264 e. The molecule has 0 fully saturated rings. The number of hydrogen-bond donors (Lipinski definition) is 1. The summed E-state index contributed by atoms with van der Waals surface area (Å²) in [6.45, 7) is -0.447. The van der Waals surface area contributed by atoms with Crippen LogP contribution < -0.4 is 9.62 Å². The van der Waals surface area contributed by atoms with Gasteiger partial charge in [-0.05, 0) is 54.8 Å². The molecule has 1 amide bonds. The summed E-state index contributed by atoms with van der Waals surface area (Å²) >= 11 is 13.7. The van der Waals surface area contributed by atoms with Crippen LogP contribution in [-0.4, -0.2) is 27.1 Å². The van der Waals surface area contributed by atoms with Crippen molar-refractivity contribution in [2.75, 3.05) is 22.4 Å². The SMILES string of the molecule is CSc1cccc(NC(=O)CN(c2cc(Cl)cc(Cl)c2)S(=O)(=O)c2ccccc2)c1. The zero-order chi connectivity index (χ0) is 21.7. The number of halogens is 2. The number of sulfonamides is 1. The molecule has 0 radical (unpaired) electrons. The molecule has 1 N–H and O–H groups in total. The van der Waals surface area contributed by atoms with Crippen molar-refractivity contribution in [3.05, 3.63) is 82.8 Å². The van der Waals surface area contributed by atoms with E-state index in [4.69, 9.17) is 23.2 Å². The van der Waals surface area contributed by atoms with Crippen molar-refractivity contribution in [3.8, 4) is 0 Å². The van der Waals surface area contributed by atoms with Gasteiger partial charge < -0.3 is 5.32 Å². The molecule has 9 heteroatoms. The van der Waals surface area contributed by atoms with Gasteiger partial charge in [-0.1, -0.05) is 47.5 Å². The van der Waals surface area contributed by atoms with Crippen molar-refractivity contribution in [2.45, 2.75) is 9.79 Å². The molecule has 0 aliphatic carbocycles. The van der Waals surface area contributed by atoms with Gasteiger partial charge in [-0.15, -0.1) is 11.8 Å². The van der Waals surface area contributed by atoms with Gasteiger partial charge in [-0.25, -0.2) is 8.42 Å². The van der Waals surface area contributed by atoms with E-state index in [1.807, 2.05) is 24.5 Å². The van der Waals surface area contributed by atoms with Gasteiger partial charge in [0.2, 0.25) is 5.91 Å². The first-order valence-corrected chi connectivity index (χ1v) is 12.2. The fourth-order valence-corrected chi connectivity index (χ4v) is 5.15. The second-order valence-electron chi connectivity index (χ2n) is 6.23. The third-order valence-electron chi connectivity index (χ3n) is 4.11. The molecule has 156 valence electrons. The first kappa shape index (κ1) is 22.5. The summed E-state index contributed by atoms with van der Waals surface area (Å²) in [5.41, 5.74) is 0.775. The number of carbonyl (C=O) groups excluding carboxylic acids is 1. The minimum Gasteiger partial charge on any atom is -0.324 e. The van der Waals surface area contributed by atoms with Crippen molar-refractivity contribution < 1.29 is 13.2 Å². The Morgan fingerprint density at radius 1 is 0.967 bits per heavy atom. The second kappa shape index (κ2) is 9.75. The molecule has 0 atom stereocenters. The number of rotatable bonds is 7. The predicted molar refractivity (Wildman–Crippen MR) is 124 cm³/mol. The predicted octanol–water partition coefficient (Wildman–Crippen LogP) is 5.55. The van der Waals surface area contributed by atoms with Gasteiger partial charge in [0.25, 0.3) is 10.0 Å². The van der Waals surface area contributed by atoms with Gasteiger partial charge in [0.05, 0.1) is 10.6 Å². The maximum atomic E-state index is 13.3. The van der Waals surface area contributed by atoms with E-state index in [0.717, 1.165) is 9.20 Å². The summed E-state index contributed by atoms with van der Waals surface area (Å²) in [6.07, 6.45) is 1.93. The van der Waals surface area contributed by atoms with E-state index in [1.165, 1.54) is 42.1 Å². The van der Waals surface area contributed by atoms with Crippen LogP contribution in [0.15, 0.2) is 82.6 Å². The number of hydrogen-bond acceptors (Lipinski definition) is 4. The highest BCUT2D eigenvalue weighted by atomic mass is 35.5. The lowest BCUT2D eigenvalue weighted by atomic mass is 10.3. The number of thioether (sulfide) groups is 1. The van der Waals surface area contributed by atoms with E-state index in [9.17, 15) is 13.2 Å². The van der Waals surface area contributed by atoms with E-state index < -0.39 is 22.5 Å². The molecule has 0 saturated carbocycles. The lowest BCUT2D eigenvalue weighted by Gasteiger charge is -2.24. The molecule has 0 heterocycles. The monoisotopic (exact) mass is 480 g/mol. The van der Waals surface area contributed by atoms with E-state index >= 15 is 0 Å². The third-order valence-corrected chi connectivity index (χ3v) is 7.06. The highest BCUT2D eigenvalue weighted by Crippen LogP contribution is 2.30. The maximum absolute atomic E-state index is 13.3. The molecule has 0 spiro atoms. The average Bonchev–Trinajstić information content (AvgIpc) is 2.72. The Hall–Kier alpha value is -2.19. The largest absolute Gasteiger partial charge is 0.324 e. The average molecular weight is 481 g/mol. The van der Waals surface area contributed by atoms with E-state index in [-0.39, 0.29) is 20.6 Å². The molecule has 3 rings (SSSR count). The Balaban J connectivity index is 1.96. The Morgan fingerprint density at radius 2 is 1.63 bits per heavy atom. The fourth-order valence-electron chi connectivity index (χ4n) is 2.75. The number of nitrogens with one attached hydrogen (secondary N) is 1. The van der Waals surface area contributed by atoms with Gasteiger partial charge in [0.1, 0.15) is 6.54 Å². The summed E-state index contributed by atoms with van der Waals surface area (Å²) in [4.78, 5) is 13.8. The number of benzene rings is 3. The van der Waals surface area contributed by atoms with Crippen molar-refractivity contribution in [1.29, 1.82) is 0 Å². The van der Waals surface area contributed by atoms with Gasteiger partial charge in [-0.3, -0.25) is 9.10 Å². The van der Waals surface area contributed by atoms with E-state index in [2.05, 4.69) is 5.32 Å². The molecule has 5 nitrogen and oxygen atoms in total. The molecule has 0 saturated heterocycles. The molecular formula is C21H18Cl2N2O3S2. The first-order valence-electron chi connectivity index (χ1n) is 8.77. The molecule has 0 aliphatic heterocycles. The lowest BCUT2D eigenvalue weighted by molar-refractivity contribution is -0.114. The molecule has 0 bridgehead atoms. The number of anilines is 2. The first-order chi connectivity index (χ1) is 14.3. The van der Waals surface area contributed by atoms with Gasteiger partial charge >= 0.3 is 0 Å². The quantitative estimate of drug-likeness (QED) is 0.450. The summed E-state index contributed by atoms with van der Waals surface area (Å²) in [5.74, 6) is -0.496. The summed E-state index contributed by atoms with van der Waals surface area (Å²) in [7, 11) is -4.04. The normalized spacial score (nSPS) is 11.2. The minimum atomic E-state index is -4.04. The van der Waals surface area contributed by atoms with Crippen LogP contribution in [0.2, 0.25) is 10.0 Å². The van der Waals surface area contributed by atoms with Crippen LogP contribution in [0, 0.1) is 0 Å². The van der Waals surface area contributed by atoms with E-state index in [0.29, 0.717) is 5.69 Å². The summed E-state index contributed by atoms with van der Waals surface area (Å²) < 4.78 is 27.6. The van der Waals surface area contributed by atoms with Crippen molar-refractivity contribution in [3.63, 3.8) is 0 Å². The van der Waals surface area contributed by atoms with Crippen molar-refractivity contribution in [1.82, 2.24) is 0 Å². The zero-order valence-electron chi connectivity index (χ0n) is 15.9. The minimum absolute atomic E-state index is 0.0540. The van der Waals surface area contributed by atoms with Crippen LogP contribution in [0.3, 0.4) is 0 Å². The van der Waals surface area contributed by atoms with Gasteiger partial charge in [-0.2, -0.15) is 0 Å². The Morgan fingerprint density at radius 3 is 2.27 bits per heavy atom. The fraction of sp³-hybridized carbons (Fsp3) is 0.0952. The van der Waals surface area contributed by atoms with Crippen LogP contribution in [-0.2, 0) is 14.8 Å². The Bertz CT molecular complexity index is 1140. The van der Waals surface area contributed by atoms with Gasteiger partial charge in [0.15, 0.2) is 0 Å². The molecule has 0 aliphatic rings. The Labute approximate surface area is 190 Å². The maximum Gasteiger partial charge on any atom is 0.264 e. The number of amides is 1. The van der Waals surface area contributed by atoms with Crippen LogP contribution in [0.25, 0.3) is 0 Å². The molecule has 0 unspecified atom stereocenters. The summed E-state index contributed by atoms with van der Waals surface area (Å²) in [6, 6.07) is 19.6. The Kier molecular flexibility index (Phi) is 7.31. The highest BCUT2D eigenvalue weighted by molar-refractivity contribution is 7.98. The van der Waals surface area contributed by atoms with Gasteiger partial charge in [0, 0.05) is 20.6 Å². The van der Waals surface area contributed by atoms with Crippen molar-refractivity contribution in [2.24, 2.45) is 0 Å². The molecule has 30 heavy (non-hydrogen) atoms. The molecule has 3 aromatic carbocycles. The second-order valence-corrected chi connectivity index (χ2v) is 9.85. The van der Waals surface area contributed by atoms with Crippen LogP contribution in [0.5, 0.6) is 0 Å². The van der Waals surface area contributed by atoms with Crippen molar-refractivity contribution >= 4 is 62.3 Å². The van der Waals surface area contributed by atoms with Crippen LogP contribution in [0.4, 0.5) is 11.4 Å². The number of carbonyl (C=O) groups is 1. The molecule has 3 aromatic rings. The molecular weight excluding hydrogens is 463 g/mol. The lowest BCUT2D eigenvalue weighted by Crippen LogP contribution is -2.38. The third kappa shape index (κ3) is 5.49. The van der Waals surface area contributed by atoms with Crippen LogP contribution >= 0.6 is 35.0 Å². The van der Waals surface area contributed by atoms with E-state index in [1.54, 1.807) is 24.3 Å². The molecule has 0 aromatic heterocycles.